The Morgan fingerprint density at radius 2 is 2.32 bits per heavy atom. The van der Waals surface area contributed by atoms with Crippen LogP contribution in [0.1, 0.15) is 25.8 Å². The van der Waals surface area contributed by atoms with Crippen LogP contribution in [0, 0.1) is 0 Å². The number of thiazole rings is 1. The molecule has 104 valence electrons. The lowest BCUT2D eigenvalue weighted by Gasteiger charge is -2.19. The van der Waals surface area contributed by atoms with Gasteiger partial charge in [-0.1, -0.05) is 0 Å². The van der Waals surface area contributed by atoms with Crippen molar-refractivity contribution in [2.75, 3.05) is 6.61 Å². The number of ether oxygens (including phenoxy) is 2. The first kappa shape index (κ1) is 15.2. The Bertz CT molecular complexity index is 472. The number of amides is 1. The number of alkyl carbamates (subject to hydrolysis) is 1. The second-order valence-electron chi connectivity index (χ2n) is 4.57. The molecule has 0 atom stereocenters. The van der Waals surface area contributed by atoms with E-state index in [1.54, 1.807) is 32.1 Å². The monoisotopic (exact) mass is 284 g/mol. The Kier molecular flexibility index (Phi) is 5.54. The molecule has 0 radical (unpaired) electrons. The summed E-state index contributed by atoms with van der Waals surface area (Å²) in [4.78, 5) is 25.5. The summed E-state index contributed by atoms with van der Waals surface area (Å²) in [7, 11) is 0. The fraction of sp³-hybridized carbons (Fsp3) is 0.500. The number of carbonyl (C=O) groups excluding carboxylic acids is 2. The van der Waals surface area contributed by atoms with Crippen LogP contribution in [0.5, 0.6) is 5.88 Å². The Morgan fingerprint density at radius 1 is 1.58 bits per heavy atom. The van der Waals surface area contributed by atoms with Crippen molar-refractivity contribution in [3.8, 4) is 5.88 Å². The second kappa shape index (κ2) is 6.92. The van der Waals surface area contributed by atoms with E-state index in [-0.39, 0.29) is 13.2 Å². The highest BCUT2D eigenvalue weighted by Crippen LogP contribution is 2.16. The summed E-state index contributed by atoms with van der Waals surface area (Å²) in [5.41, 5.74) is -0.525. The number of nitrogens with one attached hydrogen (secondary N) is 1. The van der Waals surface area contributed by atoms with Gasteiger partial charge in [0, 0.05) is 6.08 Å². The molecule has 1 rings (SSSR count). The van der Waals surface area contributed by atoms with Crippen LogP contribution in [0.15, 0.2) is 11.5 Å². The molecule has 0 fully saturated rings. The van der Waals surface area contributed by atoms with Crippen molar-refractivity contribution >= 4 is 23.4 Å². The number of hydrogen-bond acceptors (Lipinski definition) is 6. The molecule has 6 nitrogen and oxygen atoms in total. The van der Waals surface area contributed by atoms with E-state index < -0.39 is 11.7 Å². The normalized spacial score (nSPS) is 10.5. The lowest BCUT2D eigenvalue weighted by molar-refractivity contribution is 0.0523. The van der Waals surface area contributed by atoms with E-state index in [2.05, 4.69) is 10.3 Å². The second-order valence-corrected chi connectivity index (χ2v) is 5.51. The van der Waals surface area contributed by atoms with E-state index >= 15 is 0 Å². The minimum Gasteiger partial charge on any atom is -0.472 e. The summed E-state index contributed by atoms with van der Waals surface area (Å²) in [6, 6.07) is 0. The highest BCUT2D eigenvalue weighted by molar-refractivity contribution is 7.09. The van der Waals surface area contributed by atoms with Crippen molar-refractivity contribution in [1.29, 1.82) is 0 Å². The summed E-state index contributed by atoms with van der Waals surface area (Å²) in [6.07, 6.45) is 0.729. The molecule has 1 heterocycles. The summed E-state index contributed by atoms with van der Waals surface area (Å²) in [5.74, 6) is 2.02. The van der Waals surface area contributed by atoms with Crippen molar-refractivity contribution in [3.05, 3.63) is 16.5 Å². The number of nitrogens with zero attached hydrogens (tertiary/aromatic N) is 1. The van der Waals surface area contributed by atoms with Crippen molar-refractivity contribution in [3.63, 3.8) is 0 Å². The predicted molar refractivity (Wildman–Crippen MR) is 70.9 cm³/mol. The van der Waals surface area contributed by atoms with Crippen LogP contribution in [0.3, 0.4) is 0 Å². The van der Waals surface area contributed by atoms with Crippen LogP contribution < -0.4 is 10.1 Å². The minimum absolute atomic E-state index is 0.131. The van der Waals surface area contributed by atoms with E-state index in [1.807, 2.05) is 0 Å². The predicted octanol–water partition coefficient (Wildman–Crippen LogP) is 1.93. The molecular formula is C12H16N2O4S. The summed E-state index contributed by atoms with van der Waals surface area (Å²) in [5, 5.41) is 4.99. The van der Waals surface area contributed by atoms with Gasteiger partial charge in [0.2, 0.25) is 5.88 Å². The molecule has 0 bridgehead atoms. The van der Waals surface area contributed by atoms with Crippen LogP contribution in [0.25, 0.3) is 0 Å². The highest BCUT2D eigenvalue weighted by atomic mass is 32.1. The molecule has 7 heteroatoms. The van der Waals surface area contributed by atoms with Gasteiger partial charge in [-0.25, -0.2) is 14.6 Å². The van der Waals surface area contributed by atoms with Crippen molar-refractivity contribution in [1.82, 2.24) is 10.3 Å². The molecule has 1 aromatic rings. The van der Waals surface area contributed by atoms with Crippen LogP contribution in [-0.2, 0) is 16.1 Å². The molecular weight excluding hydrogens is 268 g/mol. The minimum atomic E-state index is -0.525. The van der Waals surface area contributed by atoms with Gasteiger partial charge >= 0.3 is 6.09 Å². The zero-order valence-corrected chi connectivity index (χ0v) is 11.9. The third-order valence-electron chi connectivity index (χ3n) is 1.71. The first-order valence-electron chi connectivity index (χ1n) is 5.64. The van der Waals surface area contributed by atoms with Crippen LogP contribution in [0.4, 0.5) is 4.79 Å². The Labute approximate surface area is 115 Å². The quantitative estimate of drug-likeness (QED) is 0.836. The molecule has 0 unspecified atom stereocenters. The fourth-order valence-electron chi connectivity index (χ4n) is 1.06. The smallest absolute Gasteiger partial charge is 0.408 e. The molecule has 1 N–H and O–H groups in total. The Morgan fingerprint density at radius 3 is 2.95 bits per heavy atom. The standard InChI is InChI=1S/C12H16N2O4S/c1-12(2,3)18-11(16)13-7-10-14-9(8-19-10)17-6-4-5-15/h4,8H,6-7H2,1-3H3,(H,13,16). The molecule has 0 aliphatic heterocycles. The topological polar surface area (TPSA) is 77.5 Å². The largest absolute Gasteiger partial charge is 0.472 e. The van der Waals surface area contributed by atoms with Gasteiger partial charge in [0.15, 0.2) is 0 Å². The summed E-state index contributed by atoms with van der Waals surface area (Å²) < 4.78 is 10.2. The van der Waals surface area contributed by atoms with Gasteiger partial charge in [0.25, 0.3) is 0 Å². The molecule has 0 saturated heterocycles. The molecule has 1 aromatic heterocycles. The molecule has 1 amide bonds. The van der Waals surface area contributed by atoms with Crippen LogP contribution in [-0.4, -0.2) is 29.2 Å². The molecule has 0 aliphatic rings. The van der Waals surface area contributed by atoms with Gasteiger partial charge < -0.3 is 14.8 Å². The Balaban J connectivity index is 2.37. The molecule has 19 heavy (non-hydrogen) atoms. The highest BCUT2D eigenvalue weighted by Gasteiger charge is 2.16. The van der Waals surface area contributed by atoms with Crippen LogP contribution in [0.2, 0.25) is 0 Å². The number of carbonyl (C=O) groups is 1. The first-order valence-corrected chi connectivity index (χ1v) is 6.52. The maximum Gasteiger partial charge on any atom is 0.408 e. The number of hydrogen-bond donors (Lipinski definition) is 1. The summed E-state index contributed by atoms with van der Waals surface area (Å²) in [6.45, 7) is 5.78. The fourth-order valence-corrected chi connectivity index (χ4v) is 1.72. The van der Waals surface area contributed by atoms with E-state index in [0.717, 1.165) is 0 Å². The lowest BCUT2D eigenvalue weighted by Crippen LogP contribution is -2.32. The first-order chi connectivity index (χ1) is 8.90. The van der Waals surface area contributed by atoms with Crippen LogP contribution >= 0.6 is 11.3 Å². The lowest BCUT2D eigenvalue weighted by atomic mass is 10.2. The SMILES string of the molecule is CC(C)(C)OC(=O)NCc1nc(OCC=C=O)cs1. The average Bonchev–Trinajstić information content (AvgIpc) is 2.72. The van der Waals surface area contributed by atoms with Gasteiger partial charge in [0.05, 0.1) is 11.9 Å². The maximum absolute atomic E-state index is 11.4. The van der Waals surface area contributed by atoms with E-state index in [1.165, 1.54) is 17.4 Å². The van der Waals surface area contributed by atoms with Gasteiger partial charge in [-0.15, -0.1) is 11.3 Å². The van der Waals surface area contributed by atoms with Crippen molar-refractivity contribution < 1.29 is 19.1 Å². The van der Waals surface area contributed by atoms with E-state index in [9.17, 15) is 9.59 Å². The molecule has 0 aliphatic carbocycles. The third kappa shape index (κ3) is 6.59. The van der Waals surface area contributed by atoms with Gasteiger partial charge in [-0.3, -0.25) is 0 Å². The average molecular weight is 284 g/mol. The van der Waals surface area contributed by atoms with Gasteiger partial charge in [-0.05, 0) is 20.8 Å². The van der Waals surface area contributed by atoms with E-state index in [4.69, 9.17) is 9.47 Å². The zero-order valence-electron chi connectivity index (χ0n) is 11.1. The Hall–Kier alpha value is -1.85. The van der Waals surface area contributed by atoms with E-state index in [0.29, 0.717) is 10.9 Å². The number of rotatable bonds is 5. The van der Waals surface area contributed by atoms with Crippen molar-refractivity contribution in [2.24, 2.45) is 0 Å². The molecule has 0 saturated carbocycles. The third-order valence-corrected chi connectivity index (χ3v) is 2.54. The van der Waals surface area contributed by atoms with Gasteiger partial charge in [0.1, 0.15) is 23.2 Å². The maximum atomic E-state index is 11.4. The number of aromatic nitrogens is 1. The zero-order chi connectivity index (χ0) is 14.3. The van der Waals surface area contributed by atoms with Crippen molar-refractivity contribution in [2.45, 2.75) is 32.9 Å². The van der Waals surface area contributed by atoms with Gasteiger partial charge in [-0.2, -0.15) is 0 Å². The summed E-state index contributed by atoms with van der Waals surface area (Å²) >= 11 is 1.35. The molecule has 0 spiro atoms. The molecule has 0 aromatic carbocycles.